The quantitative estimate of drug-likeness (QED) is 0.638. The van der Waals surface area contributed by atoms with Crippen molar-refractivity contribution in [1.82, 2.24) is 19.5 Å². The van der Waals surface area contributed by atoms with E-state index in [-0.39, 0.29) is 12.2 Å². The number of hydrogen-bond acceptors (Lipinski definition) is 9. The summed E-state index contributed by atoms with van der Waals surface area (Å²) in [5.41, 5.74) is 6.96. The lowest BCUT2D eigenvalue weighted by molar-refractivity contribution is -0.188. The second kappa shape index (κ2) is 5.90. The lowest BCUT2D eigenvalue weighted by Gasteiger charge is -2.23. The molecular weight excluding hydrogens is 328 g/mol. The predicted octanol–water partition coefficient (Wildman–Crippen LogP) is 0.848. The molecule has 10 heteroatoms. The first-order chi connectivity index (χ1) is 12.0. The van der Waals surface area contributed by atoms with Crippen LogP contribution in [-0.2, 0) is 19.0 Å². The van der Waals surface area contributed by atoms with Crippen molar-refractivity contribution in [2.24, 2.45) is 5.16 Å². The summed E-state index contributed by atoms with van der Waals surface area (Å²) in [6.45, 7) is 6.07. The Morgan fingerprint density at radius 3 is 2.92 bits per heavy atom. The Balaban J connectivity index is 1.70. The van der Waals surface area contributed by atoms with Crippen LogP contribution in [0.4, 0.5) is 5.82 Å². The third-order valence-electron chi connectivity index (χ3n) is 4.14. The van der Waals surface area contributed by atoms with Crippen LogP contribution in [-0.4, -0.2) is 56.4 Å². The zero-order valence-corrected chi connectivity index (χ0v) is 14.2. The summed E-state index contributed by atoms with van der Waals surface area (Å²) < 4.78 is 19.9. The molecule has 0 bridgehead atoms. The molecule has 0 spiro atoms. The lowest BCUT2D eigenvalue weighted by atomic mass is 10.1. The Kier molecular flexibility index (Phi) is 3.82. The molecule has 25 heavy (non-hydrogen) atoms. The van der Waals surface area contributed by atoms with Gasteiger partial charge >= 0.3 is 0 Å². The predicted molar refractivity (Wildman–Crippen MR) is 87.6 cm³/mol. The zero-order valence-electron chi connectivity index (χ0n) is 14.2. The highest BCUT2D eigenvalue weighted by Crippen LogP contribution is 2.43. The summed E-state index contributed by atoms with van der Waals surface area (Å²) in [6.07, 6.45) is 3.04. The third-order valence-corrected chi connectivity index (χ3v) is 4.14. The first kappa shape index (κ1) is 16.2. The standard InChI is InChI=1S/C15H20N6O4/c1-4-22-20-5-8-10-11(25-15(2,3)24-10)14(23-8)21-7-19-9-12(16)17-6-18-13(9)21/h5-8,10-11,14H,4H2,1-3H3,(H2,16,17,18)/b20-5+/t8-,10-,11-,14-/m1/s1. The summed E-state index contributed by atoms with van der Waals surface area (Å²) in [5.74, 6) is -0.406. The Bertz CT molecular complexity index is 806. The molecule has 2 aromatic heterocycles. The fraction of sp³-hybridized carbons (Fsp3) is 0.600. The van der Waals surface area contributed by atoms with E-state index in [1.54, 1.807) is 17.1 Å². The molecule has 0 saturated carbocycles. The molecule has 4 rings (SSSR count). The maximum atomic E-state index is 6.10. The number of nitrogens with two attached hydrogens (primary N) is 1. The maximum absolute atomic E-state index is 6.10. The van der Waals surface area contributed by atoms with Gasteiger partial charge in [0.1, 0.15) is 36.8 Å². The number of ether oxygens (including phenoxy) is 3. The largest absolute Gasteiger partial charge is 0.396 e. The average Bonchev–Trinajstić information content (AvgIpc) is 3.20. The van der Waals surface area contributed by atoms with Gasteiger partial charge in [0.05, 0.1) is 12.5 Å². The number of fused-ring (bicyclic) bond motifs is 2. The molecule has 2 saturated heterocycles. The highest BCUT2D eigenvalue weighted by molar-refractivity contribution is 5.81. The van der Waals surface area contributed by atoms with Gasteiger partial charge in [0.15, 0.2) is 23.5 Å². The van der Waals surface area contributed by atoms with Gasteiger partial charge in [0, 0.05) is 0 Å². The van der Waals surface area contributed by atoms with Crippen LogP contribution in [0.1, 0.15) is 27.0 Å². The van der Waals surface area contributed by atoms with Crippen LogP contribution in [0.2, 0.25) is 0 Å². The van der Waals surface area contributed by atoms with E-state index in [0.717, 1.165) is 0 Å². The van der Waals surface area contributed by atoms with Gasteiger partial charge in [-0.1, -0.05) is 5.16 Å². The van der Waals surface area contributed by atoms with Crippen LogP contribution < -0.4 is 5.73 Å². The van der Waals surface area contributed by atoms with Crippen molar-refractivity contribution >= 4 is 23.2 Å². The second-order valence-corrected chi connectivity index (χ2v) is 6.31. The highest BCUT2D eigenvalue weighted by atomic mass is 16.8. The van der Waals surface area contributed by atoms with E-state index in [4.69, 9.17) is 24.8 Å². The SMILES string of the molecule is CCO/N=C/[C@H]1O[C@@H](n2cnc3c(N)ncnc32)[C@@H]2OC(C)(C)O[C@@H]21. The van der Waals surface area contributed by atoms with Crippen molar-refractivity contribution in [2.75, 3.05) is 12.3 Å². The van der Waals surface area contributed by atoms with Gasteiger partial charge in [-0.2, -0.15) is 0 Å². The van der Waals surface area contributed by atoms with E-state index in [1.165, 1.54) is 6.33 Å². The van der Waals surface area contributed by atoms with Gasteiger partial charge in [-0.25, -0.2) is 15.0 Å². The van der Waals surface area contributed by atoms with Crippen LogP contribution in [0.3, 0.4) is 0 Å². The van der Waals surface area contributed by atoms with Gasteiger partial charge in [-0.05, 0) is 20.8 Å². The van der Waals surface area contributed by atoms with E-state index in [2.05, 4.69) is 20.1 Å². The molecule has 0 amide bonds. The van der Waals surface area contributed by atoms with Crippen molar-refractivity contribution in [3.05, 3.63) is 12.7 Å². The van der Waals surface area contributed by atoms with Crippen molar-refractivity contribution in [1.29, 1.82) is 0 Å². The molecule has 0 radical (unpaired) electrons. The Labute approximate surface area is 143 Å². The fourth-order valence-corrected chi connectivity index (χ4v) is 3.19. The van der Waals surface area contributed by atoms with E-state index < -0.39 is 18.1 Å². The molecule has 134 valence electrons. The van der Waals surface area contributed by atoms with E-state index >= 15 is 0 Å². The lowest BCUT2D eigenvalue weighted by Crippen LogP contribution is -2.30. The molecule has 2 aromatic rings. The van der Waals surface area contributed by atoms with E-state index in [1.807, 2.05) is 20.8 Å². The number of oxime groups is 1. The fourth-order valence-electron chi connectivity index (χ4n) is 3.19. The van der Waals surface area contributed by atoms with Crippen molar-refractivity contribution < 1.29 is 19.0 Å². The molecule has 0 aromatic carbocycles. The molecule has 2 fully saturated rings. The number of nitrogen functional groups attached to an aromatic ring is 1. The summed E-state index contributed by atoms with van der Waals surface area (Å²) in [4.78, 5) is 17.6. The molecular formula is C15H20N6O4. The molecule has 4 heterocycles. The minimum Gasteiger partial charge on any atom is -0.396 e. The molecule has 2 N–H and O–H groups in total. The van der Waals surface area contributed by atoms with Gasteiger partial charge in [0.25, 0.3) is 0 Å². The zero-order chi connectivity index (χ0) is 17.6. The van der Waals surface area contributed by atoms with Crippen molar-refractivity contribution in [2.45, 2.75) is 51.1 Å². The van der Waals surface area contributed by atoms with Crippen molar-refractivity contribution in [3.63, 3.8) is 0 Å². The number of aromatic nitrogens is 4. The first-order valence-corrected chi connectivity index (χ1v) is 8.10. The molecule has 10 nitrogen and oxygen atoms in total. The van der Waals surface area contributed by atoms with Gasteiger partial charge in [-0.15, -0.1) is 0 Å². The van der Waals surface area contributed by atoms with Gasteiger partial charge in [0.2, 0.25) is 0 Å². The molecule has 0 unspecified atom stereocenters. The molecule has 0 aliphatic carbocycles. The van der Waals surface area contributed by atoms with Gasteiger partial charge < -0.3 is 24.8 Å². The van der Waals surface area contributed by atoms with Crippen LogP contribution in [0.25, 0.3) is 11.2 Å². The van der Waals surface area contributed by atoms with Crippen molar-refractivity contribution in [3.8, 4) is 0 Å². The van der Waals surface area contributed by atoms with Crippen LogP contribution >= 0.6 is 0 Å². The molecule has 4 atom stereocenters. The number of anilines is 1. The van der Waals surface area contributed by atoms with Crippen LogP contribution in [0.5, 0.6) is 0 Å². The minimum absolute atomic E-state index is 0.316. The summed E-state index contributed by atoms with van der Waals surface area (Å²) in [6, 6.07) is 0. The Morgan fingerprint density at radius 2 is 2.12 bits per heavy atom. The number of rotatable bonds is 4. The summed E-state index contributed by atoms with van der Waals surface area (Å²) in [5, 5.41) is 3.92. The third kappa shape index (κ3) is 2.71. The Morgan fingerprint density at radius 1 is 1.32 bits per heavy atom. The molecule has 2 aliphatic rings. The smallest absolute Gasteiger partial charge is 0.167 e. The number of hydrogen-bond donors (Lipinski definition) is 1. The van der Waals surface area contributed by atoms with E-state index in [9.17, 15) is 0 Å². The minimum atomic E-state index is -0.723. The number of nitrogens with zero attached hydrogens (tertiary/aromatic N) is 5. The topological polar surface area (TPSA) is 119 Å². The monoisotopic (exact) mass is 348 g/mol. The highest BCUT2D eigenvalue weighted by Gasteiger charge is 2.55. The van der Waals surface area contributed by atoms with E-state index in [0.29, 0.717) is 23.6 Å². The Hall–Kier alpha value is -2.30. The maximum Gasteiger partial charge on any atom is 0.167 e. The normalized spacial score (nSPS) is 31.0. The molecule has 2 aliphatic heterocycles. The summed E-state index contributed by atoms with van der Waals surface area (Å²) >= 11 is 0. The first-order valence-electron chi connectivity index (χ1n) is 8.10. The average molecular weight is 348 g/mol. The second-order valence-electron chi connectivity index (χ2n) is 6.31. The summed E-state index contributed by atoms with van der Waals surface area (Å²) in [7, 11) is 0. The van der Waals surface area contributed by atoms with Crippen LogP contribution in [0, 0.1) is 0 Å². The van der Waals surface area contributed by atoms with Gasteiger partial charge in [-0.3, -0.25) is 4.57 Å². The van der Waals surface area contributed by atoms with Crippen LogP contribution in [0.15, 0.2) is 17.8 Å². The number of imidazole rings is 1.